The van der Waals surface area contributed by atoms with E-state index in [-0.39, 0.29) is 6.54 Å². The van der Waals surface area contributed by atoms with Crippen LogP contribution in [0.15, 0.2) is 57.7 Å². The van der Waals surface area contributed by atoms with E-state index in [1.807, 2.05) is 6.07 Å². The van der Waals surface area contributed by atoms with Gasteiger partial charge in [0, 0.05) is 5.56 Å². The molecule has 106 valence electrons. The Morgan fingerprint density at radius 2 is 1.86 bits per heavy atom. The van der Waals surface area contributed by atoms with Gasteiger partial charge in [0.25, 0.3) is 5.91 Å². The highest BCUT2D eigenvalue weighted by molar-refractivity contribution is 5.95. The third-order valence-electron chi connectivity index (χ3n) is 3.30. The molecule has 3 aromatic rings. The van der Waals surface area contributed by atoms with E-state index >= 15 is 0 Å². The summed E-state index contributed by atoms with van der Waals surface area (Å²) < 4.78 is 6.66. The Kier molecular flexibility index (Phi) is 3.29. The maximum Gasteiger partial charge on any atom is 0.420 e. The fourth-order valence-electron chi connectivity index (χ4n) is 2.29. The second-order valence-corrected chi connectivity index (χ2v) is 4.55. The lowest BCUT2D eigenvalue weighted by molar-refractivity contribution is 0.0952. The van der Waals surface area contributed by atoms with Gasteiger partial charge in [-0.3, -0.25) is 14.8 Å². The van der Waals surface area contributed by atoms with Crippen molar-refractivity contribution in [2.45, 2.75) is 6.54 Å². The van der Waals surface area contributed by atoms with Gasteiger partial charge in [0.2, 0.25) is 0 Å². The zero-order valence-corrected chi connectivity index (χ0v) is 11.1. The number of hydrogen-bond donors (Lipinski definition) is 2. The number of amides is 1. The van der Waals surface area contributed by atoms with Gasteiger partial charge in [0.1, 0.15) is 0 Å². The maximum absolute atomic E-state index is 12.0. The molecular formula is C15H13N3O3. The van der Waals surface area contributed by atoms with Gasteiger partial charge >= 0.3 is 5.76 Å². The third-order valence-corrected chi connectivity index (χ3v) is 3.30. The first-order valence-electron chi connectivity index (χ1n) is 6.38. The Balaban J connectivity index is 2.09. The number of carbonyl (C=O) groups excluding carboxylic acids is 1. The molecule has 3 rings (SSSR count). The lowest BCUT2D eigenvalue weighted by Gasteiger charge is -2.08. The van der Waals surface area contributed by atoms with Gasteiger partial charge in [0.05, 0.1) is 12.1 Å². The van der Waals surface area contributed by atoms with Crippen molar-refractivity contribution in [3.8, 4) is 0 Å². The molecule has 2 aromatic carbocycles. The van der Waals surface area contributed by atoms with Gasteiger partial charge in [-0.25, -0.2) is 10.6 Å². The van der Waals surface area contributed by atoms with Gasteiger partial charge in [-0.2, -0.15) is 0 Å². The summed E-state index contributed by atoms with van der Waals surface area (Å²) in [4.78, 5) is 23.7. The molecule has 0 aliphatic rings. The molecule has 0 unspecified atom stereocenters. The van der Waals surface area contributed by atoms with Crippen molar-refractivity contribution in [2.75, 3.05) is 0 Å². The molecule has 0 saturated heterocycles. The summed E-state index contributed by atoms with van der Waals surface area (Å²) in [6.07, 6.45) is 0. The molecule has 21 heavy (non-hydrogen) atoms. The van der Waals surface area contributed by atoms with Crippen molar-refractivity contribution < 1.29 is 9.21 Å². The maximum atomic E-state index is 12.0. The molecule has 1 aromatic heterocycles. The van der Waals surface area contributed by atoms with E-state index in [9.17, 15) is 9.59 Å². The first kappa shape index (κ1) is 13.1. The Morgan fingerprint density at radius 3 is 2.67 bits per heavy atom. The first-order valence-corrected chi connectivity index (χ1v) is 6.38. The van der Waals surface area contributed by atoms with Crippen LogP contribution in [0.5, 0.6) is 0 Å². The number of benzene rings is 2. The summed E-state index contributed by atoms with van der Waals surface area (Å²) in [5, 5.41) is 0. The van der Waals surface area contributed by atoms with E-state index in [2.05, 4.69) is 5.43 Å². The molecule has 3 N–H and O–H groups in total. The molecule has 0 aliphatic heterocycles. The molecule has 0 fully saturated rings. The highest BCUT2D eigenvalue weighted by Crippen LogP contribution is 2.15. The molecular weight excluding hydrogens is 270 g/mol. The van der Waals surface area contributed by atoms with Gasteiger partial charge < -0.3 is 4.42 Å². The number of aromatic nitrogens is 1. The third kappa shape index (κ3) is 2.32. The van der Waals surface area contributed by atoms with Crippen LogP contribution in [0.25, 0.3) is 11.1 Å². The lowest BCUT2D eigenvalue weighted by Crippen LogP contribution is -2.31. The molecule has 1 heterocycles. The van der Waals surface area contributed by atoms with E-state index in [1.54, 1.807) is 42.5 Å². The number of nitrogen functional groups attached to an aromatic ring is 1. The summed E-state index contributed by atoms with van der Waals surface area (Å²) in [6.45, 7) is 0.236. The quantitative estimate of drug-likeness (QED) is 0.430. The summed E-state index contributed by atoms with van der Waals surface area (Å²) in [7, 11) is 0. The summed E-state index contributed by atoms with van der Waals surface area (Å²) >= 11 is 0. The predicted molar refractivity (Wildman–Crippen MR) is 77.7 cm³/mol. The van der Waals surface area contributed by atoms with Crippen molar-refractivity contribution in [3.63, 3.8) is 0 Å². The zero-order valence-electron chi connectivity index (χ0n) is 11.1. The average molecular weight is 283 g/mol. The number of fused-ring (bicyclic) bond motifs is 1. The number of nitrogens with two attached hydrogens (primary N) is 1. The number of para-hydroxylation sites is 2. The summed E-state index contributed by atoms with van der Waals surface area (Å²) in [5.41, 5.74) is 4.42. The lowest BCUT2D eigenvalue weighted by atomic mass is 10.1. The molecule has 6 heteroatoms. The molecule has 1 amide bonds. The van der Waals surface area contributed by atoms with Crippen LogP contribution in [0.1, 0.15) is 15.9 Å². The second-order valence-electron chi connectivity index (χ2n) is 4.55. The van der Waals surface area contributed by atoms with Crippen molar-refractivity contribution in [2.24, 2.45) is 5.84 Å². The van der Waals surface area contributed by atoms with Gasteiger partial charge in [-0.1, -0.05) is 30.3 Å². The Hall–Kier alpha value is -2.86. The van der Waals surface area contributed by atoms with E-state index in [0.717, 1.165) is 0 Å². The van der Waals surface area contributed by atoms with Crippen molar-refractivity contribution in [3.05, 3.63) is 70.2 Å². The molecule has 0 saturated carbocycles. The largest absolute Gasteiger partial charge is 0.420 e. The first-order chi connectivity index (χ1) is 10.2. The number of nitrogens with zero attached hydrogens (tertiary/aromatic N) is 1. The van der Waals surface area contributed by atoms with Gasteiger partial charge in [-0.05, 0) is 23.8 Å². The van der Waals surface area contributed by atoms with Crippen molar-refractivity contribution in [1.82, 2.24) is 9.99 Å². The number of nitrogens with one attached hydrogen (secondary N) is 1. The Labute approximate surface area is 119 Å². The van der Waals surface area contributed by atoms with Crippen LogP contribution >= 0.6 is 0 Å². The average Bonchev–Trinajstić information content (AvgIpc) is 2.83. The van der Waals surface area contributed by atoms with Gasteiger partial charge in [0.15, 0.2) is 5.58 Å². The van der Waals surface area contributed by atoms with E-state index in [1.165, 1.54) is 4.57 Å². The predicted octanol–water partition coefficient (Wildman–Crippen LogP) is 1.25. The van der Waals surface area contributed by atoms with Crippen LogP contribution in [0.3, 0.4) is 0 Å². The highest BCUT2D eigenvalue weighted by atomic mass is 16.4. The molecule has 0 atom stereocenters. The summed E-state index contributed by atoms with van der Waals surface area (Å²) in [5.74, 6) is 4.32. The van der Waals surface area contributed by atoms with Crippen LogP contribution in [0, 0.1) is 0 Å². The number of rotatable bonds is 3. The molecule has 0 radical (unpaired) electrons. The topological polar surface area (TPSA) is 90.3 Å². The fourth-order valence-corrected chi connectivity index (χ4v) is 2.29. The second kappa shape index (κ2) is 5.26. The fraction of sp³-hybridized carbons (Fsp3) is 0.0667. The van der Waals surface area contributed by atoms with Crippen LogP contribution in [0.2, 0.25) is 0 Å². The highest BCUT2D eigenvalue weighted by Gasteiger charge is 2.13. The van der Waals surface area contributed by atoms with Crippen LogP contribution in [-0.4, -0.2) is 10.5 Å². The Morgan fingerprint density at radius 1 is 1.14 bits per heavy atom. The number of oxazole rings is 1. The zero-order chi connectivity index (χ0) is 14.8. The molecule has 0 aliphatic carbocycles. The standard InChI is InChI=1S/C15H13N3O3/c16-17-14(19)11-6-2-1-5-10(11)9-18-12-7-3-4-8-13(12)21-15(18)20/h1-8H,9,16H2,(H,17,19). The number of hydrogen-bond acceptors (Lipinski definition) is 4. The minimum atomic E-state index is -0.459. The molecule has 0 spiro atoms. The SMILES string of the molecule is NNC(=O)c1ccccc1Cn1c(=O)oc2ccccc21. The number of carbonyl (C=O) groups is 1. The molecule has 6 nitrogen and oxygen atoms in total. The van der Waals surface area contributed by atoms with E-state index in [4.69, 9.17) is 10.3 Å². The number of hydrazine groups is 1. The molecule has 0 bridgehead atoms. The summed E-state index contributed by atoms with van der Waals surface area (Å²) in [6, 6.07) is 14.1. The van der Waals surface area contributed by atoms with Crippen molar-refractivity contribution >= 4 is 17.0 Å². The Bertz CT molecular complexity index is 864. The van der Waals surface area contributed by atoms with E-state index in [0.29, 0.717) is 22.2 Å². The monoisotopic (exact) mass is 283 g/mol. The van der Waals surface area contributed by atoms with Gasteiger partial charge in [-0.15, -0.1) is 0 Å². The van der Waals surface area contributed by atoms with E-state index < -0.39 is 11.7 Å². The van der Waals surface area contributed by atoms with Crippen LogP contribution in [-0.2, 0) is 6.54 Å². The minimum Gasteiger partial charge on any atom is -0.408 e. The smallest absolute Gasteiger partial charge is 0.408 e. The van der Waals surface area contributed by atoms with Crippen LogP contribution in [0.4, 0.5) is 0 Å². The normalized spacial score (nSPS) is 10.7. The minimum absolute atomic E-state index is 0.236. The van der Waals surface area contributed by atoms with Crippen LogP contribution < -0.4 is 17.0 Å². The van der Waals surface area contributed by atoms with Crippen molar-refractivity contribution in [1.29, 1.82) is 0 Å².